The summed E-state index contributed by atoms with van der Waals surface area (Å²) in [6, 6.07) is 14.2. The Morgan fingerprint density at radius 3 is 2.11 bits per heavy atom. The van der Waals surface area contributed by atoms with Crippen molar-refractivity contribution in [3.8, 4) is 0 Å². The Morgan fingerprint density at radius 2 is 1.50 bits per heavy atom. The van der Waals surface area contributed by atoms with E-state index in [0.717, 1.165) is 5.56 Å². The van der Waals surface area contributed by atoms with Gasteiger partial charge in [0.05, 0.1) is 10.6 Å². The van der Waals surface area contributed by atoms with Gasteiger partial charge < -0.3 is 0 Å². The zero-order chi connectivity index (χ0) is 13.0. The Kier molecular flexibility index (Phi) is 3.77. The summed E-state index contributed by atoms with van der Waals surface area (Å²) in [6.45, 7) is 0. The summed E-state index contributed by atoms with van der Waals surface area (Å²) in [5.74, 6) is -0.285. The second-order valence-corrected chi connectivity index (χ2v) is 6.12. The third-order valence-electron chi connectivity index (χ3n) is 2.68. The maximum atomic E-state index is 12.7. The first kappa shape index (κ1) is 12.8. The van der Waals surface area contributed by atoms with Gasteiger partial charge >= 0.3 is 0 Å². The maximum Gasteiger partial charge on any atom is 0.178 e. The molecule has 0 aliphatic carbocycles. The summed E-state index contributed by atoms with van der Waals surface area (Å²) in [6.07, 6.45) is 0.386. The van der Waals surface area contributed by atoms with Crippen molar-refractivity contribution in [2.45, 2.75) is 11.3 Å². The second kappa shape index (κ2) is 5.31. The molecule has 0 saturated heterocycles. The fourth-order valence-corrected chi connectivity index (χ4v) is 2.96. The number of sulfone groups is 1. The summed E-state index contributed by atoms with van der Waals surface area (Å²) in [4.78, 5) is 0.326. The molecule has 0 aliphatic rings. The average Bonchev–Trinajstić information content (AvgIpc) is 2.39. The van der Waals surface area contributed by atoms with Crippen LogP contribution in [0.25, 0.3) is 0 Å². The molecule has 0 spiro atoms. The lowest BCUT2D eigenvalue weighted by atomic mass is 10.2. The fourth-order valence-electron chi connectivity index (χ4n) is 1.65. The largest absolute Gasteiger partial charge is 0.224 e. The molecule has 4 heteroatoms. The molecule has 0 atom stereocenters. The molecular formula is C14H13FO2S. The Labute approximate surface area is 106 Å². The number of halogens is 1. The quantitative estimate of drug-likeness (QED) is 0.851. The molecule has 2 aromatic carbocycles. The van der Waals surface area contributed by atoms with Gasteiger partial charge in [-0.2, -0.15) is 0 Å². The summed E-state index contributed by atoms with van der Waals surface area (Å²) in [7, 11) is -3.26. The van der Waals surface area contributed by atoms with Gasteiger partial charge in [0.15, 0.2) is 9.84 Å². The molecular weight excluding hydrogens is 251 g/mol. The van der Waals surface area contributed by atoms with Crippen LogP contribution in [-0.4, -0.2) is 14.2 Å². The van der Waals surface area contributed by atoms with Gasteiger partial charge in [-0.3, -0.25) is 0 Å². The van der Waals surface area contributed by atoms with Gasteiger partial charge in [0.25, 0.3) is 0 Å². The van der Waals surface area contributed by atoms with E-state index in [-0.39, 0.29) is 11.6 Å². The molecule has 18 heavy (non-hydrogen) atoms. The van der Waals surface area contributed by atoms with Crippen molar-refractivity contribution < 1.29 is 12.8 Å². The van der Waals surface area contributed by atoms with Gasteiger partial charge in [0.2, 0.25) is 0 Å². The Hall–Kier alpha value is -1.68. The number of rotatable bonds is 4. The van der Waals surface area contributed by atoms with E-state index in [1.807, 2.05) is 0 Å². The Morgan fingerprint density at radius 1 is 0.889 bits per heavy atom. The van der Waals surface area contributed by atoms with Crippen molar-refractivity contribution in [3.05, 3.63) is 66.0 Å². The smallest absolute Gasteiger partial charge is 0.178 e. The zero-order valence-corrected chi connectivity index (χ0v) is 10.5. The molecule has 2 aromatic rings. The molecule has 0 unspecified atom stereocenters. The van der Waals surface area contributed by atoms with Crippen LogP contribution in [0.2, 0.25) is 0 Å². The molecule has 0 fully saturated rings. The fraction of sp³-hybridized carbons (Fsp3) is 0.143. The minimum absolute atomic E-state index is 0.0304. The molecule has 0 saturated carbocycles. The minimum Gasteiger partial charge on any atom is -0.224 e. The molecule has 0 aromatic heterocycles. The van der Waals surface area contributed by atoms with Crippen LogP contribution in [-0.2, 0) is 16.3 Å². The van der Waals surface area contributed by atoms with Gasteiger partial charge in [-0.15, -0.1) is 0 Å². The van der Waals surface area contributed by atoms with Gasteiger partial charge in [-0.1, -0.05) is 30.3 Å². The maximum absolute atomic E-state index is 12.7. The zero-order valence-electron chi connectivity index (χ0n) is 9.71. The molecule has 2 nitrogen and oxygen atoms in total. The van der Waals surface area contributed by atoms with E-state index in [1.165, 1.54) is 12.1 Å². The van der Waals surface area contributed by atoms with E-state index >= 15 is 0 Å². The minimum atomic E-state index is -3.26. The van der Waals surface area contributed by atoms with E-state index in [2.05, 4.69) is 0 Å². The van der Waals surface area contributed by atoms with Crippen LogP contribution in [0.3, 0.4) is 0 Å². The lowest BCUT2D eigenvalue weighted by Gasteiger charge is -2.04. The van der Waals surface area contributed by atoms with Crippen LogP contribution in [0.4, 0.5) is 4.39 Å². The van der Waals surface area contributed by atoms with E-state index in [9.17, 15) is 12.8 Å². The lowest BCUT2D eigenvalue weighted by molar-refractivity contribution is 0.595. The first-order chi connectivity index (χ1) is 8.58. The summed E-state index contributed by atoms with van der Waals surface area (Å²) < 4.78 is 36.7. The summed E-state index contributed by atoms with van der Waals surface area (Å²) in [5, 5.41) is 0. The van der Waals surface area contributed by atoms with Crippen molar-refractivity contribution >= 4 is 9.84 Å². The molecule has 0 N–H and O–H groups in total. The van der Waals surface area contributed by atoms with E-state index < -0.39 is 9.84 Å². The van der Waals surface area contributed by atoms with Gasteiger partial charge in [0.1, 0.15) is 5.82 Å². The number of hydrogen-bond acceptors (Lipinski definition) is 2. The van der Waals surface area contributed by atoms with E-state index in [0.29, 0.717) is 11.3 Å². The van der Waals surface area contributed by atoms with Crippen LogP contribution in [0.15, 0.2) is 59.5 Å². The standard InChI is InChI=1S/C14H13FO2S/c15-13-8-6-12(7-9-13)10-11-18(16,17)14-4-2-1-3-5-14/h1-9H,10-11H2. The predicted octanol–water partition coefficient (Wildman–Crippen LogP) is 2.84. The topological polar surface area (TPSA) is 34.1 Å². The molecule has 0 heterocycles. The predicted molar refractivity (Wildman–Crippen MR) is 68.6 cm³/mol. The lowest BCUT2D eigenvalue weighted by Crippen LogP contribution is -2.09. The molecule has 0 bridgehead atoms. The first-order valence-electron chi connectivity index (χ1n) is 5.60. The van der Waals surface area contributed by atoms with Crippen molar-refractivity contribution in [2.24, 2.45) is 0 Å². The summed E-state index contributed by atoms with van der Waals surface area (Å²) >= 11 is 0. The van der Waals surface area contributed by atoms with Crippen molar-refractivity contribution in [3.63, 3.8) is 0 Å². The number of aryl methyl sites for hydroxylation is 1. The van der Waals surface area contributed by atoms with Gasteiger partial charge in [-0.25, -0.2) is 12.8 Å². The monoisotopic (exact) mass is 264 g/mol. The van der Waals surface area contributed by atoms with Crippen molar-refractivity contribution in [1.82, 2.24) is 0 Å². The van der Waals surface area contributed by atoms with Crippen LogP contribution in [0, 0.1) is 5.82 Å². The third kappa shape index (κ3) is 3.17. The highest BCUT2D eigenvalue weighted by Gasteiger charge is 2.13. The number of benzene rings is 2. The van der Waals surface area contributed by atoms with Crippen molar-refractivity contribution in [2.75, 3.05) is 5.75 Å². The number of hydrogen-bond donors (Lipinski definition) is 0. The first-order valence-corrected chi connectivity index (χ1v) is 7.25. The highest BCUT2D eigenvalue weighted by Crippen LogP contribution is 2.12. The average molecular weight is 264 g/mol. The molecule has 0 amide bonds. The van der Waals surface area contributed by atoms with E-state index in [4.69, 9.17) is 0 Å². The SMILES string of the molecule is O=S(=O)(CCc1ccc(F)cc1)c1ccccc1. The van der Waals surface area contributed by atoms with Crippen LogP contribution in [0.1, 0.15) is 5.56 Å². The highest BCUT2D eigenvalue weighted by atomic mass is 32.2. The summed E-state index contributed by atoms with van der Waals surface area (Å²) in [5.41, 5.74) is 0.816. The molecule has 0 radical (unpaired) electrons. The molecule has 94 valence electrons. The Balaban J connectivity index is 2.08. The normalized spacial score (nSPS) is 11.4. The third-order valence-corrected chi connectivity index (χ3v) is 4.41. The molecule has 0 aliphatic heterocycles. The van der Waals surface area contributed by atoms with Crippen LogP contribution in [0.5, 0.6) is 0 Å². The van der Waals surface area contributed by atoms with E-state index in [1.54, 1.807) is 42.5 Å². The van der Waals surface area contributed by atoms with Gasteiger partial charge in [0, 0.05) is 0 Å². The second-order valence-electron chi connectivity index (χ2n) is 4.01. The van der Waals surface area contributed by atoms with Gasteiger partial charge in [-0.05, 0) is 36.2 Å². The van der Waals surface area contributed by atoms with Crippen LogP contribution >= 0.6 is 0 Å². The van der Waals surface area contributed by atoms with Crippen LogP contribution < -0.4 is 0 Å². The van der Waals surface area contributed by atoms with Crippen molar-refractivity contribution in [1.29, 1.82) is 0 Å². The highest BCUT2D eigenvalue weighted by molar-refractivity contribution is 7.91. The Bertz CT molecular complexity index is 604. The molecule has 2 rings (SSSR count).